The molecule has 0 amide bonds. The third-order valence-electron chi connectivity index (χ3n) is 5.02. The maximum Gasteiger partial charge on any atom is 0.284 e. The van der Waals surface area contributed by atoms with Crippen molar-refractivity contribution in [1.29, 1.82) is 0 Å². The van der Waals surface area contributed by atoms with E-state index in [1.165, 1.54) is 11.5 Å². The van der Waals surface area contributed by atoms with Crippen LogP contribution in [0.3, 0.4) is 0 Å². The highest BCUT2D eigenvalue weighted by molar-refractivity contribution is 7.90. The summed E-state index contributed by atoms with van der Waals surface area (Å²) in [5.41, 5.74) is 1.85. The van der Waals surface area contributed by atoms with Gasteiger partial charge in [-0.2, -0.15) is 8.42 Å². The van der Waals surface area contributed by atoms with E-state index in [4.69, 9.17) is 0 Å². The molecule has 2 aromatic carbocycles. The lowest BCUT2D eigenvalue weighted by molar-refractivity contribution is 0.427. The number of hydrogen-bond acceptors (Lipinski definition) is 4. The molecule has 1 aromatic heterocycles. The number of benzene rings is 2. The Kier molecular flexibility index (Phi) is 6.43. The average Bonchev–Trinajstić information content (AvgIpc) is 3.07. The van der Waals surface area contributed by atoms with Crippen LogP contribution in [-0.2, 0) is 22.0 Å². The van der Waals surface area contributed by atoms with Crippen LogP contribution < -0.4 is 9.57 Å². The highest BCUT2D eigenvalue weighted by atomic mass is 32.2. The van der Waals surface area contributed by atoms with Crippen molar-refractivity contribution in [2.45, 2.75) is 57.4 Å². The van der Waals surface area contributed by atoms with E-state index >= 15 is 0 Å². The van der Waals surface area contributed by atoms with Crippen molar-refractivity contribution < 1.29 is 8.42 Å². The number of fused-ring (bicyclic) bond motifs is 1. The third kappa shape index (κ3) is 4.62. The van der Waals surface area contributed by atoms with Gasteiger partial charge >= 0.3 is 0 Å². The molecule has 162 valence electrons. The Labute approximate surface area is 183 Å². The molecular formula is C23H31N3O2S2. The van der Waals surface area contributed by atoms with Crippen molar-refractivity contribution in [1.82, 2.24) is 3.96 Å². The van der Waals surface area contributed by atoms with Crippen LogP contribution in [0.2, 0.25) is 0 Å². The standard InChI is InChI=1S/C23H31N3O2S2/c1-7-8-11-17-16-26(23(2,3)4)29-22(17)24-30(27,28)21-15-10-12-18-19(21)13-9-14-20(18)25(5)6/h9-10,12-16H,7-8,11H2,1-6H3/b24-22-. The molecule has 0 N–H and O–H groups in total. The summed E-state index contributed by atoms with van der Waals surface area (Å²) in [5.74, 6) is 0. The number of aryl methyl sites for hydroxylation is 1. The fraction of sp³-hybridized carbons (Fsp3) is 0.435. The first-order valence-corrected chi connectivity index (χ1v) is 12.5. The Balaban J connectivity index is 2.21. The molecule has 3 rings (SSSR count). The second-order valence-electron chi connectivity index (χ2n) is 8.74. The van der Waals surface area contributed by atoms with Crippen LogP contribution in [0.15, 0.2) is 51.9 Å². The van der Waals surface area contributed by atoms with Crippen molar-refractivity contribution in [3.05, 3.63) is 52.8 Å². The first-order valence-electron chi connectivity index (χ1n) is 10.3. The predicted molar refractivity (Wildman–Crippen MR) is 127 cm³/mol. The van der Waals surface area contributed by atoms with Gasteiger partial charge in [0.1, 0.15) is 0 Å². The first-order chi connectivity index (χ1) is 14.0. The molecule has 3 aromatic rings. The largest absolute Gasteiger partial charge is 0.377 e. The molecule has 0 radical (unpaired) electrons. The molecule has 30 heavy (non-hydrogen) atoms. The summed E-state index contributed by atoms with van der Waals surface area (Å²) >= 11 is 1.41. The SMILES string of the molecule is CCCCc1cn(C(C)(C)C)s/c1=N\S(=O)(=O)c1cccc2c(N(C)C)cccc12. The molecule has 0 aliphatic carbocycles. The number of anilines is 1. The number of unbranched alkanes of at least 4 members (excludes halogenated alkanes) is 1. The van der Waals surface area contributed by atoms with Gasteiger partial charge in [0.15, 0.2) is 4.67 Å². The molecule has 7 heteroatoms. The zero-order valence-electron chi connectivity index (χ0n) is 18.6. The number of nitrogens with zero attached hydrogens (tertiary/aromatic N) is 3. The average molecular weight is 446 g/mol. The lowest BCUT2D eigenvalue weighted by atomic mass is 10.1. The second-order valence-corrected chi connectivity index (χ2v) is 11.3. The van der Waals surface area contributed by atoms with E-state index in [1.807, 2.05) is 43.3 Å². The summed E-state index contributed by atoms with van der Waals surface area (Å²) in [4.78, 5) is 2.24. The van der Waals surface area contributed by atoms with Gasteiger partial charge in [0.25, 0.3) is 10.0 Å². The molecule has 0 unspecified atom stereocenters. The van der Waals surface area contributed by atoms with Gasteiger partial charge in [0, 0.05) is 47.9 Å². The van der Waals surface area contributed by atoms with Crippen molar-refractivity contribution >= 4 is 38.0 Å². The van der Waals surface area contributed by atoms with E-state index in [0.29, 0.717) is 10.1 Å². The van der Waals surface area contributed by atoms with E-state index in [2.05, 4.69) is 42.2 Å². The summed E-state index contributed by atoms with van der Waals surface area (Å²) in [6, 6.07) is 11.1. The predicted octanol–water partition coefficient (Wildman–Crippen LogP) is 5.16. The molecule has 0 aliphatic heterocycles. The van der Waals surface area contributed by atoms with Gasteiger partial charge < -0.3 is 4.90 Å². The van der Waals surface area contributed by atoms with Gasteiger partial charge in [-0.05, 0) is 57.3 Å². The van der Waals surface area contributed by atoms with Crippen molar-refractivity contribution in [3.8, 4) is 0 Å². The normalized spacial score (nSPS) is 13.2. The van der Waals surface area contributed by atoms with Crippen LogP contribution in [-0.4, -0.2) is 26.5 Å². The van der Waals surface area contributed by atoms with Crippen LogP contribution >= 0.6 is 11.5 Å². The zero-order chi connectivity index (χ0) is 22.1. The quantitative estimate of drug-likeness (QED) is 0.527. The number of rotatable bonds is 6. The van der Waals surface area contributed by atoms with Crippen LogP contribution in [0.4, 0.5) is 5.69 Å². The lowest BCUT2D eigenvalue weighted by Crippen LogP contribution is -2.18. The molecule has 0 aliphatic rings. The van der Waals surface area contributed by atoms with Gasteiger partial charge in [0.2, 0.25) is 0 Å². The van der Waals surface area contributed by atoms with Crippen LogP contribution in [0, 0.1) is 0 Å². The van der Waals surface area contributed by atoms with Gasteiger partial charge in [-0.25, -0.2) is 0 Å². The van der Waals surface area contributed by atoms with E-state index < -0.39 is 10.0 Å². The Morgan fingerprint density at radius 3 is 2.37 bits per heavy atom. The minimum Gasteiger partial charge on any atom is -0.377 e. The lowest BCUT2D eigenvalue weighted by Gasteiger charge is -2.19. The van der Waals surface area contributed by atoms with Crippen molar-refractivity contribution in [3.63, 3.8) is 0 Å². The Hall–Kier alpha value is -2.12. The maximum atomic E-state index is 13.4. The van der Waals surface area contributed by atoms with Crippen molar-refractivity contribution in [2.24, 2.45) is 4.40 Å². The van der Waals surface area contributed by atoms with Gasteiger partial charge in [-0.15, -0.1) is 4.40 Å². The molecule has 0 spiro atoms. The number of sulfonamides is 1. The van der Waals surface area contributed by atoms with Crippen LogP contribution in [0.5, 0.6) is 0 Å². The summed E-state index contributed by atoms with van der Waals surface area (Å²) in [7, 11) is 0.0526. The molecular weight excluding hydrogens is 414 g/mol. The Morgan fingerprint density at radius 2 is 1.73 bits per heavy atom. The highest BCUT2D eigenvalue weighted by Crippen LogP contribution is 2.31. The monoisotopic (exact) mass is 445 g/mol. The number of aromatic nitrogens is 1. The minimum absolute atomic E-state index is 0.122. The molecule has 0 bridgehead atoms. The van der Waals surface area contributed by atoms with Gasteiger partial charge in [0.05, 0.1) is 4.90 Å². The molecule has 1 heterocycles. The fourth-order valence-electron chi connectivity index (χ4n) is 3.36. The van der Waals surface area contributed by atoms with E-state index in [-0.39, 0.29) is 10.4 Å². The summed E-state index contributed by atoms with van der Waals surface area (Å²) < 4.78 is 33.8. The first kappa shape index (κ1) is 22.6. The third-order valence-corrected chi connectivity index (χ3v) is 7.84. The zero-order valence-corrected chi connectivity index (χ0v) is 20.3. The van der Waals surface area contributed by atoms with Gasteiger partial charge in [-0.3, -0.25) is 3.96 Å². The summed E-state index contributed by atoms with van der Waals surface area (Å²) in [6.07, 6.45) is 4.94. The topological polar surface area (TPSA) is 54.7 Å². The molecule has 5 nitrogen and oxygen atoms in total. The molecule has 0 atom stereocenters. The minimum atomic E-state index is -3.86. The van der Waals surface area contributed by atoms with Crippen LogP contribution in [0.25, 0.3) is 10.8 Å². The summed E-state index contributed by atoms with van der Waals surface area (Å²) in [6.45, 7) is 8.47. The number of hydrogen-bond donors (Lipinski definition) is 0. The van der Waals surface area contributed by atoms with E-state index in [1.54, 1.807) is 12.1 Å². The van der Waals surface area contributed by atoms with E-state index in [9.17, 15) is 8.42 Å². The molecule has 0 saturated heterocycles. The molecule has 0 saturated carbocycles. The summed E-state index contributed by atoms with van der Waals surface area (Å²) in [5, 5.41) is 1.60. The fourth-order valence-corrected chi connectivity index (χ4v) is 5.84. The smallest absolute Gasteiger partial charge is 0.284 e. The highest BCUT2D eigenvalue weighted by Gasteiger charge is 2.20. The van der Waals surface area contributed by atoms with Crippen LogP contribution in [0.1, 0.15) is 46.1 Å². The second kappa shape index (κ2) is 8.55. The van der Waals surface area contributed by atoms with E-state index in [0.717, 1.165) is 35.9 Å². The Morgan fingerprint density at radius 1 is 1.07 bits per heavy atom. The maximum absolute atomic E-state index is 13.4. The Bertz CT molecular complexity index is 1210. The molecule has 0 fully saturated rings. The van der Waals surface area contributed by atoms with Gasteiger partial charge in [-0.1, -0.05) is 37.6 Å². The van der Waals surface area contributed by atoms with Crippen molar-refractivity contribution in [2.75, 3.05) is 19.0 Å².